The molecule has 0 aliphatic carbocycles. The van der Waals surface area contributed by atoms with Crippen LogP contribution in [-0.2, 0) is 21.1 Å². The Morgan fingerprint density at radius 1 is 1.53 bits per heavy atom. The third-order valence-electron chi connectivity index (χ3n) is 2.86. The maximum Gasteiger partial charge on any atom is 0.224 e. The molecular formula is C11H15NO3S2. The van der Waals surface area contributed by atoms with E-state index in [9.17, 15) is 13.2 Å². The van der Waals surface area contributed by atoms with Crippen molar-refractivity contribution >= 4 is 27.1 Å². The highest BCUT2D eigenvalue weighted by Gasteiger charge is 2.27. The number of rotatable bonds is 4. The van der Waals surface area contributed by atoms with Gasteiger partial charge in [0.05, 0.1) is 17.9 Å². The van der Waals surface area contributed by atoms with Gasteiger partial charge in [0.25, 0.3) is 0 Å². The van der Waals surface area contributed by atoms with Gasteiger partial charge in [0.15, 0.2) is 9.84 Å². The van der Waals surface area contributed by atoms with E-state index < -0.39 is 9.84 Å². The Kier molecular flexibility index (Phi) is 3.83. The van der Waals surface area contributed by atoms with Gasteiger partial charge in [0.1, 0.15) is 0 Å². The van der Waals surface area contributed by atoms with Gasteiger partial charge >= 0.3 is 0 Å². The first kappa shape index (κ1) is 12.6. The molecule has 0 bridgehead atoms. The number of nitrogens with one attached hydrogen (secondary N) is 1. The lowest BCUT2D eigenvalue weighted by Gasteiger charge is -2.08. The monoisotopic (exact) mass is 273 g/mol. The zero-order valence-electron chi connectivity index (χ0n) is 9.39. The maximum atomic E-state index is 11.6. The van der Waals surface area contributed by atoms with Crippen LogP contribution in [0.15, 0.2) is 16.8 Å². The van der Waals surface area contributed by atoms with Gasteiger partial charge in [0.2, 0.25) is 5.91 Å². The van der Waals surface area contributed by atoms with Crippen molar-refractivity contribution in [3.63, 3.8) is 0 Å². The molecule has 1 aromatic rings. The van der Waals surface area contributed by atoms with Crippen molar-refractivity contribution in [1.29, 1.82) is 0 Å². The number of hydrogen-bond donors (Lipinski definition) is 1. The lowest BCUT2D eigenvalue weighted by Crippen LogP contribution is -2.30. The van der Waals surface area contributed by atoms with E-state index in [0.717, 1.165) is 5.56 Å². The van der Waals surface area contributed by atoms with Crippen molar-refractivity contribution in [3.8, 4) is 0 Å². The highest BCUT2D eigenvalue weighted by Crippen LogP contribution is 2.17. The molecule has 0 saturated carbocycles. The summed E-state index contributed by atoms with van der Waals surface area (Å²) < 4.78 is 22.5. The van der Waals surface area contributed by atoms with Crippen LogP contribution >= 0.6 is 11.3 Å². The minimum Gasteiger partial charge on any atom is -0.356 e. The van der Waals surface area contributed by atoms with E-state index in [4.69, 9.17) is 0 Å². The molecule has 17 heavy (non-hydrogen) atoms. The SMILES string of the molecule is O=C(Cc1ccsc1)NCC1CCS(=O)(=O)C1. The van der Waals surface area contributed by atoms with Crippen LogP contribution in [0.3, 0.4) is 0 Å². The summed E-state index contributed by atoms with van der Waals surface area (Å²) in [6.45, 7) is 0.474. The van der Waals surface area contributed by atoms with Crippen molar-refractivity contribution in [2.45, 2.75) is 12.8 Å². The molecule has 1 unspecified atom stereocenters. The number of hydrogen-bond acceptors (Lipinski definition) is 4. The average Bonchev–Trinajstić information content (AvgIpc) is 2.85. The largest absolute Gasteiger partial charge is 0.356 e. The summed E-state index contributed by atoms with van der Waals surface area (Å²) in [6, 6.07) is 1.92. The molecule has 1 amide bonds. The molecule has 1 aromatic heterocycles. The van der Waals surface area contributed by atoms with E-state index in [1.807, 2.05) is 16.8 Å². The van der Waals surface area contributed by atoms with Crippen LogP contribution in [0.5, 0.6) is 0 Å². The quantitative estimate of drug-likeness (QED) is 0.884. The first-order valence-corrected chi connectivity index (χ1v) is 8.30. The lowest BCUT2D eigenvalue weighted by molar-refractivity contribution is -0.120. The van der Waals surface area contributed by atoms with Crippen LogP contribution in [0.25, 0.3) is 0 Å². The van der Waals surface area contributed by atoms with Gasteiger partial charge < -0.3 is 5.32 Å². The van der Waals surface area contributed by atoms with Crippen molar-refractivity contribution in [2.24, 2.45) is 5.92 Å². The van der Waals surface area contributed by atoms with Gasteiger partial charge in [-0.3, -0.25) is 4.79 Å². The molecule has 94 valence electrons. The Bertz CT molecular complexity index is 479. The fourth-order valence-electron chi connectivity index (χ4n) is 1.93. The molecule has 4 nitrogen and oxygen atoms in total. The second-order valence-electron chi connectivity index (χ2n) is 4.38. The van der Waals surface area contributed by atoms with Crippen LogP contribution in [-0.4, -0.2) is 32.4 Å². The van der Waals surface area contributed by atoms with Crippen LogP contribution in [0.1, 0.15) is 12.0 Å². The Hall–Kier alpha value is -0.880. The number of thiophene rings is 1. The van der Waals surface area contributed by atoms with E-state index >= 15 is 0 Å². The van der Waals surface area contributed by atoms with Crippen molar-refractivity contribution in [1.82, 2.24) is 5.32 Å². The van der Waals surface area contributed by atoms with E-state index in [2.05, 4.69) is 5.32 Å². The lowest BCUT2D eigenvalue weighted by atomic mass is 10.1. The van der Waals surface area contributed by atoms with Gasteiger partial charge in [-0.2, -0.15) is 11.3 Å². The molecule has 6 heteroatoms. The van der Waals surface area contributed by atoms with Crippen LogP contribution in [0.4, 0.5) is 0 Å². The second-order valence-corrected chi connectivity index (χ2v) is 7.39. The molecule has 0 aromatic carbocycles. The molecular weight excluding hydrogens is 258 g/mol. The van der Waals surface area contributed by atoms with E-state index in [1.165, 1.54) is 0 Å². The van der Waals surface area contributed by atoms with Crippen LogP contribution in [0, 0.1) is 5.92 Å². The summed E-state index contributed by atoms with van der Waals surface area (Å²) in [7, 11) is -2.84. The predicted octanol–water partition coefficient (Wildman–Crippen LogP) is 0.842. The zero-order valence-corrected chi connectivity index (χ0v) is 11.0. The third-order valence-corrected chi connectivity index (χ3v) is 5.43. The predicted molar refractivity (Wildman–Crippen MR) is 67.8 cm³/mol. The topological polar surface area (TPSA) is 63.2 Å². The Morgan fingerprint density at radius 3 is 2.94 bits per heavy atom. The van der Waals surface area contributed by atoms with Gasteiger partial charge in [-0.25, -0.2) is 8.42 Å². The molecule has 1 aliphatic heterocycles. The van der Waals surface area contributed by atoms with Gasteiger partial charge in [0, 0.05) is 6.54 Å². The van der Waals surface area contributed by atoms with E-state index in [1.54, 1.807) is 11.3 Å². The number of carbonyl (C=O) groups excluding carboxylic acids is 1. The Morgan fingerprint density at radius 2 is 2.35 bits per heavy atom. The molecule has 1 fully saturated rings. The Balaban J connectivity index is 1.74. The van der Waals surface area contributed by atoms with E-state index in [0.29, 0.717) is 19.4 Å². The summed E-state index contributed by atoms with van der Waals surface area (Å²) in [5.74, 6) is 0.531. The molecule has 0 spiro atoms. The third kappa shape index (κ3) is 3.81. The van der Waals surface area contributed by atoms with Gasteiger partial charge in [-0.15, -0.1) is 0 Å². The normalized spacial score (nSPS) is 22.5. The fraction of sp³-hybridized carbons (Fsp3) is 0.545. The summed E-state index contributed by atoms with van der Waals surface area (Å²) >= 11 is 1.57. The molecule has 2 heterocycles. The molecule has 1 saturated heterocycles. The van der Waals surface area contributed by atoms with Gasteiger partial charge in [-0.1, -0.05) is 0 Å². The average molecular weight is 273 g/mol. The molecule has 1 atom stereocenters. The summed E-state index contributed by atoms with van der Waals surface area (Å²) in [5, 5.41) is 6.68. The van der Waals surface area contributed by atoms with Gasteiger partial charge in [-0.05, 0) is 34.7 Å². The first-order chi connectivity index (χ1) is 8.05. The number of amides is 1. The highest BCUT2D eigenvalue weighted by atomic mass is 32.2. The number of carbonyl (C=O) groups is 1. The highest BCUT2D eigenvalue weighted by molar-refractivity contribution is 7.91. The summed E-state index contributed by atoms with van der Waals surface area (Å²) in [5.41, 5.74) is 1.01. The molecule has 0 radical (unpaired) electrons. The van der Waals surface area contributed by atoms with Crippen LogP contribution < -0.4 is 5.32 Å². The van der Waals surface area contributed by atoms with Crippen molar-refractivity contribution in [3.05, 3.63) is 22.4 Å². The smallest absolute Gasteiger partial charge is 0.224 e. The molecule has 1 aliphatic rings. The standard InChI is InChI=1S/C11H15NO3S2/c13-11(5-9-1-3-16-7-9)12-6-10-2-4-17(14,15)8-10/h1,3,7,10H,2,4-6,8H2,(H,12,13). The number of sulfone groups is 1. The first-order valence-electron chi connectivity index (χ1n) is 5.53. The second kappa shape index (κ2) is 5.18. The van der Waals surface area contributed by atoms with E-state index in [-0.39, 0.29) is 23.3 Å². The summed E-state index contributed by atoms with van der Waals surface area (Å²) in [4.78, 5) is 11.6. The minimum absolute atomic E-state index is 0.0345. The molecule has 2 rings (SSSR count). The van der Waals surface area contributed by atoms with Crippen molar-refractivity contribution in [2.75, 3.05) is 18.1 Å². The van der Waals surface area contributed by atoms with Crippen molar-refractivity contribution < 1.29 is 13.2 Å². The minimum atomic E-state index is -2.84. The molecule has 1 N–H and O–H groups in total. The fourth-order valence-corrected chi connectivity index (χ4v) is 4.46. The maximum absolute atomic E-state index is 11.6. The zero-order chi connectivity index (χ0) is 12.3. The Labute approximate surface area is 105 Å². The summed E-state index contributed by atoms with van der Waals surface area (Å²) in [6.07, 6.45) is 1.05. The van der Waals surface area contributed by atoms with Crippen LogP contribution in [0.2, 0.25) is 0 Å².